The zero-order chi connectivity index (χ0) is 20.5. The Morgan fingerprint density at radius 3 is 2.90 bits per heavy atom. The molecule has 1 aliphatic heterocycles. The fourth-order valence-electron chi connectivity index (χ4n) is 3.50. The number of anilines is 2. The lowest BCUT2D eigenvalue weighted by molar-refractivity contribution is 0.0865. The van der Waals surface area contributed by atoms with E-state index in [1.54, 1.807) is 42.7 Å². The lowest BCUT2D eigenvalue weighted by atomic mass is 10.2. The van der Waals surface area contributed by atoms with Crippen LogP contribution >= 0.6 is 24.0 Å². The van der Waals surface area contributed by atoms with Crippen LogP contribution in [0.1, 0.15) is 11.3 Å². The van der Waals surface area contributed by atoms with Gasteiger partial charge in [0.2, 0.25) is 0 Å². The topological polar surface area (TPSA) is 85.0 Å². The first-order valence-corrected chi connectivity index (χ1v) is 9.74. The van der Waals surface area contributed by atoms with Gasteiger partial charge in [0, 0.05) is 17.9 Å². The number of halogens is 2. The van der Waals surface area contributed by atoms with Crippen LogP contribution in [0.3, 0.4) is 0 Å². The number of nitriles is 1. The van der Waals surface area contributed by atoms with Gasteiger partial charge >= 0.3 is 0 Å². The molecule has 3 heterocycles. The fraction of sp³-hybridized carbons (Fsp3) is 0.136. The number of hydrogen-bond donors (Lipinski definition) is 1. The molecule has 31 heavy (non-hydrogen) atoms. The summed E-state index contributed by atoms with van der Waals surface area (Å²) in [7, 11) is 0. The molecule has 7 nitrogen and oxygen atoms in total. The van der Waals surface area contributed by atoms with E-state index < -0.39 is 0 Å². The predicted octanol–water partition coefficient (Wildman–Crippen LogP) is 5.44. The third-order valence-electron chi connectivity index (χ3n) is 4.87. The van der Waals surface area contributed by atoms with Gasteiger partial charge in [0.05, 0.1) is 35.4 Å². The van der Waals surface area contributed by atoms with Crippen molar-refractivity contribution in [1.29, 1.82) is 5.26 Å². The van der Waals surface area contributed by atoms with E-state index in [-0.39, 0.29) is 12.4 Å². The lowest BCUT2D eigenvalue weighted by Crippen LogP contribution is -2.16. The first-order chi connectivity index (χ1) is 14.7. The van der Waals surface area contributed by atoms with E-state index in [9.17, 15) is 0 Å². The van der Waals surface area contributed by atoms with Crippen molar-refractivity contribution in [3.8, 4) is 17.6 Å². The molecule has 0 aliphatic carbocycles. The second-order valence-electron chi connectivity index (χ2n) is 6.81. The minimum atomic E-state index is 0. The number of ether oxygens (including phenoxy) is 2. The molecule has 2 aromatic carbocycles. The summed E-state index contributed by atoms with van der Waals surface area (Å²) in [6, 6.07) is 16.5. The molecule has 2 aromatic heterocycles. The van der Waals surface area contributed by atoms with E-state index >= 15 is 0 Å². The molecule has 0 amide bonds. The van der Waals surface area contributed by atoms with E-state index in [0.717, 1.165) is 29.0 Å². The van der Waals surface area contributed by atoms with Crippen molar-refractivity contribution < 1.29 is 9.47 Å². The molecular weight excluding hydrogens is 437 g/mol. The van der Waals surface area contributed by atoms with Crippen LogP contribution in [0.2, 0.25) is 5.02 Å². The van der Waals surface area contributed by atoms with Gasteiger partial charge in [-0.2, -0.15) is 5.26 Å². The summed E-state index contributed by atoms with van der Waals surface area (Å²) in [6.45, 7) is 1.99. The van der Waals surface area contributed by atoms with E-state index in [0.29, 0.717) is 41.1 Å². The van der Waals surface area contributed by atoms with Crippen LogP contribution in [0.15, 0.2) is 54.9 Å². The Kier molecular flexibility index (Phi) is 5.96. The molecule has 1 N–H and O–H groups in total. The van der Waals surface area contributed by atoms with Gasteiger partial charge in [0.25, 0.3) is 0 Å². The summed E-state index contributed by atoms with van der Waals surface area (Å²) in [5, 5.41) is 12.8. The molecule has 0 atom stereocenters. The van der Waals surface area contributed by atoms with E-state index in [1.165, 1.54) is 0 Å². The Hall–Kier alpha value is -3.31. The van der Waals surface area contributed by atoms with Crippen molar-refractivity contribution in [3.63, 3.8) is 0 Å². The molecule has 0 saturated heterocycles. The van der Waals surface area contributed by atoms with Crippen LogP contribution in [0.5, 0.6) is 11.5 Å². The third-order valence-corrected chi connectivity index (χ3v) is 5.16. The van der Waals surface area contributed by atoms with E-state index in [4.69, 9.17) is 26.3 Å². The van der Waals surface area contributed by atoms with Crippen LogP contribution in [0.25, 0.3) is 11.0 Å². The van der Waals surface area contributed by atoms with Crippen LogP contribution < -0.4 is 10.1 Å². The van der Waals surface area contributed by atoms with Crippen molar-refractivity contribution in [2.75, 3.05) is 11.9 Å². The summed E-state index contributed by atoms with van der Waals surface area (Å²) < 4.78 is 13.6. The predicted molar refractivity (Wildman–Crippen MR) is 120 cm³/mol. The van der Waals surface area contributed by atoms with E-state index in [1.807, 2.05) is 12.1 Å². The average molecular weight is 454 g/mol. The first-order valence-electron chi connectivity index (χ1n) is 9.37. The number of rotatable bonds is 4. The van der Waals surface area contributed by atoms with Gasteiger partial charge in [-0.05, 0) is 42.5 Å². The van der Waals surface area contributed by atoms with Crippen LogP contribution in [-0.2, 0) is 17.9 Å². The molecule has 0 saturated carbocycles. The van der Waals surface area contributed by atoms with Crippen molar-refractivity contribution >= 4 is 46.5 Å². The monoisotopic (exact) mass is 453 g/mol. The second kappa shape index (κ2) is 8.82. The van der Waals surface area contributed by atoms with Gasteiger partial charge in [-0.25, -0.2) is 9.97 Å². The molecule has 0 fully saturated rings. The Labute approximate surface area is 189 Å². The highest BCUT2D eigenvalue weighted by Gasteiger charge is 2.18. The van der Waals surface area contributed by atoms with Gasteiger partial charge in [0.1, 0.15) is 23.3 Å². The highest BCUT2D eigenvalue weighted by atomic mass is 35.5. The smallest absolute Gasteiger partial charge is 0.158 e. The summed E-state index contributed by atoms with van der Waals surface area (Å²) in [5.74, 6) is 1.76. The van der Waals surface area contributed by atoms with Gasteiger partial charge < -0.3 is 19.4 Å². The van der Waals surface area contributed by atoms with Gasteiger partial charge in [0.15, 0.2) is 5.82 Å². The van der Waals surface area contributed by atoms with Crippen LogP contribution in [0, 0.1) is 11.3 Å². The number of benzene rings is 2. The van der Waals surface area contributed by atoms with Gasteiger partial charge in [-0.1, -0.05) is 17.7 Å². The zero-order valence-electron chi connectivity index (χ0n) is 16.2. The summed E-state index contributed by atoms with van der Waals surface area (Å²) in [6.07, 6.45) is 1.54. The Bertz CT molecular complexity index is 1300. The number of aromatic nitrogens is 3. The van der Waals surface area contributed by atoms with E-state index in [2.05, 4.69) is 25.9 Å². The normalized spacial score (nSPS) is 12.5. The lowest BCUT2D eigenvalue weighted by Gasteiger charge is -2.17. The highest BCUT2D eigenvalue weighted by Crippen LogP contribution is 2.34. The molecule has 0 spiro atoms. The average Bonchev–Trinajstić information content (AvgIpc) is 3.15. The molecule has 0 bridgehead atoms. The molecule has 156 valence electrons. The van der Waals surface area contributed by atoms with Crippen LogP contribution in [0.4, 0.5) is 11.5 Å². The largest absolute Gasteiger partial charge is 0.456 e. The zero-order valence-corrected chi connectivity index (χ0v) is 17.8. The maximum Gasteiger partial charge on any atom is 0.158 e. The number of hydrogen-bond acceptors (Lipinski definition) is 6. The standard InChI is InChI=1S/C22H16ClN5O2.ClH/c23-18-9-15(4-5-20(18)30-17-3-1-2-14(8-17)11-24)27-22-21-19(25-13-26-22)10-16-12-29-7-6-28(16)21;/h1-5,8-10,13H,6-7,12H2,(H,25,26,27);1H. The van der Waals surface area contributed by atoms with Crippen molar-refractivity contribution in [2.45, 2.75) is 13.2 Å². The molecule has 1 aliphatic rings. The van der Waals surface area contributed by atoms with Crippen LogP contribution in [-0.4, -0.2) is 21.1 Å². The minimum Gasteiger partial charge on any atom is -0.456 e. The fourth-order valence-corrected chi connectivity index (χ4v) is 3.72. The molecule has 0 unspecified atom stereocenters. The molecule has 5 rings (SSSR count). The van der Waals surface area contributed by atoms with Crippen molar-refractivity contribution in [3.05, 3.63) is 71.1 Å². The SMILES string of the molecule is Cl.N#Cc1cccc(Oc2ccc(Nc3ncnc4cc5n(c34)CCOC5)cc2Cl)c1. The molecular formula is C22H17Cl2N5O2. The molecule has 4 aromatic rings. The quantitative estimate of drug-likeness (QED) is 0.442. The first kappa shape index (κ1) is 20.9. The third kappa shape index (κ3) is 4.14. The Balaban J connectivity index is 0.00000231. The Morgan fingerprint density at radius 2 is 2.06 bits per heavy atom. The number of nitrogens with one attached hydrogen (secondary N) is 1. The Morgan fingerprint density at radius 1 is 1.16 bits per heavy atom. The number of fused-ring (bicyclic) bond motifs is 3. The summed E-state index contributed by atoms with van der Waals surface area (Å²) in [5.41, 5.74) is 4.20. The maximum atomic E-state index is 9.03. The van der Waals surface area contributed by atoms with Crippen molar-refractivity contribution in [2.24, 2.45) is 0 Å². The summed E-state index contributed by atoms with van der Waals surface area (Å²) >= 11 is 6.45. The second-order valence-corrected chi connectivity index (χ2v) is 7.22. The summed E-state index contributed by atoms with van der Waals surface area (Å²) in [4.78, 5) is 8.82. The van der Waals surface area contributed by atoms with Gasteiger partial charge in [-0.3, -0.25) is 0 Å². The molecule has 9 heteroatoms. The number of nitrogens with zero attached hydrogens (tertiary/aromatic N) is 4. The van der Waals surface area contributed by atoms with Crippen molar-refractivity contribution in [1.82, 2.24) is 14.5 Å². The maximum absolute atomic E-state index is 9.03. The minimum absolute atomic E-state index is 0. The van der Waals surface area contributed by atoms with Gasteiger partial charge in [-0.15, -0.1) is 12.4 Å². The molecule has 0 radical (unpaired) electrons. The highest BCUT2D eigenvalue weighted by molar-refractivity contribution is 6.32.